The zero-order valence-corrected chi connectivity index (χ0v) is 12.8. The van der Waals surface area contributed by atoms with E-state index in [0.29, 0.717) is 12.4 Å². The average molecular weight is 290 g/mol. The van der Waals surface area contributed by atoms with Crippen LogP contribution in [0.5, 0.6) is 11.5 Å². The Labute approximate surface area is 125 Å². The number of ether oxygens (including phenoxy) is 2. The minimum Gasteiger partial charge on any atom is -0.493 e. The zero-order chi connectivity index (χ0) is 15.1. The predicted molar refractivity (Wildman–Crippen MR) is 80.3 cm³/mol. The second-order valence-corrected chi connectivity index (χ2v) is 4.75. The smallest absolute Gasteiger partial charge is 0.164 e. The van der Waals surface area contributed by atoms with Crippen molar-refractivity contribution in [2.24, 2.45) is 7.05 Å². The molecular formula is C15H22N4O2. The van der Waals surface area contributed by atoms with Crippen LogP contribution in [0.3, 0.4) is 0 Å². The first-order valence-electron chi connectivity index (χ1n) is 7.08. The molecule has 0 unspecified atom stereocenters. The molecule has 0 fully saturated rings. The quantitative estimate of drug-likeness (QED) is 0.752. The van der Waals surface area contributed by atoms with Crippen molar-refractivity contribution in [2.75, 3.05) is 13.7 Å². The maximum absolute atomic E-state index is 5.77. The molecule has 0 saturated heterocycles. The number of benzene rings is 1. The Kier molecular flexibility index (Phi) is 5.57. The first-order chi connectivity index (χ1) is 10.2. The van der Waals surface area contributed by atoms with Crippen molar-refractivity contribution in [3.05, 3.63) is 35.9 Å². The van der Waals surface area contributed by atoms with Crippen LogP contribution in [0.25, 0.3) is 0 Å². The summed E-state index contributed by atoms with van der Waals surface area (Å²) in [7, 11) is 3.49. The molecule has 1 aromatic carbocycles. The molecule has 1 heterocycles. The van der Waals surface area contributed by atoms with Gasteiger partial charge in [-0.1, -0.05) is 13.0 Å². The van der Waals surface area contributed by atoms with Crippen LogP contribution < -0.4 is 14.8 Å². The van der Waals surface area contributed by atoms with Crippen molar-refractivity contribution in [2.45, 2.75) is 26.5 Å². The highest BCUT2D eigenvalue weighted by Crippen LogP contribution is 2.28. The molecule has 0 bridgehead atoms. The van der Waals surface area contributed by atoms with E-state index in [0.717, 1.165) is 31.1 Å². The summed E-state index contributed by atoms with van der Waals surface area (Å²) in [6, 6.07) is 5.96. The van der Waals surface area contributed by atoms with Gasteiger partial charge in [-0.15, -0.1) is 0 Å². The third-order valence-corrected chi connectivity index (χ3v) is 3.15. The standard InChI is InChI=1S/C15H22N4O2/c1-4-7-16-9-12-5-6-13(14(8-12)20-3)21-10-15-17-11-18-19(15)2/h5-6,8,11,16H,4,7,9-10H2,1-3H3. The Morgan fingerprint density at radius 3 is 2.81 bits per heavy atom. The van der Waals surface area contributed by atoms with E-state index < -0.39 is 0 Å². The predicted octanol–water partition coefficient (Wildman–Crippen LogP) is 1.90. The van der Waals surface area contributed by atoms with Crippen LogP contribution in [-0.2, 0) is 20.2 Å². The summed E-state index contributed by atoms with van der Waals surface area (Å²) in [6.07, 6.45) is 2.63. The Bertz CT molecular complexity index is 569. The van der Waals surface area contributed by atoms with Crippen molar-refractivity contribution >= 4 is 0 Å². The SMILES string of the molecule is CCCNCc1ccc(OCc2ncnn2C)c(OC)c1. The third-order valence-electron chi connectivity index (χ3n) is 3.15. The van der Waals surface area contributed by atoms with Crippen molar-refractivity contribution in [3.63, 3.8) is 0 Å². The van der Waals surface area contributed by atoms with E-state index in [1.54, 1.807) is 11.8 Å². The van der Waals surface area contributed by atoms with Crippen LogP contribution >= 0.6 is 0 Å². The van der Waals surface area contributed by atoms with Gasteiger partial charge in [0.15, 0.2) is 17.3 Å². The maximum atomic E-state index is 5.77. The molecule has 0 atom stereocenters. The number of methoxy groups -OCH3 is 1. The van der Waals surface area contributed by atoms with Gasteiger partial charge in [-0.3, -0.25) is 4.68 Å². The maximum Gasteiger partial charge on any atom is 0.164 e. The molecule has 6 heteroatoms. The van der Waals surface area contributed by atoms with Gasteiger partial charge >= 0.3 is 0 Å². The fourth-order valence-corrected chi connectivity index (χ4v) is 1.94. The molecule has 1 aromatic heterocycles. The molecule has 2 aromatic rings. The first kappa shape index (κ1) is 15.3. The van der Waals surface area contributed by atoms with Crippen LogP contribution in [0.15, 0.2) is 24.5 Å². The molecule has 21 heavy (non-hydrogen) atoms. The van der Waals surface area contributed by atoms with Crippen molar-refractivity contribution in [1.82, 2.24) is 20.1 Å². The fraction of sp³-hybridized carbons (Fsp3) is 0.467. The number of rotatable bonds is 8. The van der Waals surface area contributed by atoms with Gasteiger partial charge in [0, 0.05) is 13.6 Å². The van der Waals surface area contributed by atoms with Gasteiger partial charge in [0.2, 0.25) is 0 Å². The van der Waals surface area contributed by atoms with Crippen LogP contribution in [0, 0.1) is 0 Å². The molecule has 2 rings (SSSR count). The van der Waals surface area contributed by atoms with E-state index in [1.807, 2.05) is 25.2 Å². The van der Waals surface area contributed by atoms with E-state index in [1.165, 1.54) is 11.9 Å². The van der Waals surface area contributed by atoms with Crippen LogP contribution in [-0.4, -0.2) is 28.4 Å². The molecule has 0 aliphatic heterocycles. The van der Waals surface area contributed by atoms with Gasteiger partial charge < -0.3 is 14.8 Å². The second kappa shape index (κ2) is 7.64. The molecule has 0 aliphatic rings. The minimum absolute atomic E-state index is 0.361. The van der Waals surface area contributed by atoms with E-state index in [4.69, 9.17) is 9.47 Å². The van der Waals surface area contributed by atoms with E-state index >= 15 is 0 Å². The number of aryl methyl sites for hydroxylation is 1. The van der Waals surface area contributed by atoms with Crippen molar-refractivity contribution in [1.29, 1.82) is 0 Å². The molecule has 114 valence electrons. The lowest BCUT2D eigenvalue weighted by molar-refractivity contribution is 0.271. The lowest BCUT2D eigenvalue weighted by Gasteiger charge is -2.12. The highest BCUT2D eigenvalue weighted by atomic mass is 16.5. The number of hydrogen-bond donors (Lipinski definition) is 1. The van der Waals surface area contributed by atoms with E-state index in [-0.39, 0.29) is 0 Å². The van der Waals surface area contributed by atoms with Gasteiger partial charge in [-0.25, -0.2) is 4.98 Å². The van der Waals surface area contributed by atoms with Gasteiger partial charge in [-0.2, -0.15) is 5.10 Å². The summed E-state index contributed by atoms with van der Waals surface area (Å²) in [6.45, 7) is 4.35. The van der Waals surface area contributed by atoms with Gasteiger partial charge in [0.1, 0.15) is 12.9 Å². The summed E-state index contributed by atoms with van der Waals surface area (Å²) in [4.78, 5) is 4.13. The lowest BCUT2D eigenvalue weighted by atomic mass is 10.2. The van der Waals surface area contributed by atoms with Crippen molar-refractivity contribution < 1.29 is 9.47 Å². The molecule has 0 aliphatic carbocycles. The molecule has 0 spiro atoms. The lowest BCUT2D eigenvalue weighted by Crippen LogP contribution is -2.13. The van der Waals surface area contributed by atoms with Gasteiger partial charge in [-0.05, 0) is 30.7 Å². The highest BCUT2D eigenvalue weighted by Gasteiger charge is 2.08. The zero-order valence-electron chi connectivity index (χ0n) is 12.8. The fourth-order valence-electron chi connectivity index (χ4n) is 1.94. The largest absolute Gasteiger partial charge is 0.493 e. The third kappa shape index (κ3) is 4.19. The van der Waals surface area contributed by atoms with E-state index in [9.17, 15) is 0 Å². The molecule has 6 nitrogen and oxygen atoms in total. The number of nitrogens with zero attached hydrogens (tertiary/aromatic N) is 3. The Hall–Kier alpha value is -2.08. The van der Waals surface area contributed by atoms with Gasteiger partial charge in [0.25, 0.3) is 0 Å². The monoisotopic (exact) mass is 290 g/mol. The average Bonchev–Trinajstić information content (AvgIpc) is 2.91. The van der Waals surface area contributed by atoms with Crippen LogP contribution in [0.1, 0.15) is 24.7 Å². The Morgan fingerprint density at radius 1 is 1.29 bits per heavy atom. The van der Waals surface area contributed by atoms with Crippen LogP contribution in [0.4, 0.5) is 0 Å². The minimum atomic E-state index is 0.361. The summed E-state index contributed by atoms with van der Waals surface area (Å²) in [5.41, 5.74) is 1.17. The summed E-state index contributed by atoms with van der Waals surface area (Å²) in [5.74, 6) is 2.21. The number of hydrogen-bond acceptors (Lipinski definition) is 5. The summed E-state index contributed by atoms with van der Waals surface area (Å²) >= 11 is 0. The summed E-state index contributed by atoms with van der Waals surface area (Å²) in [5, 5.41) is 7.38. The topological polar surface area (TPSA) is 61.2 Å². The second-order valence-electron chi connectivity index (χ2n) is 4.75. The Balaban J connectivity index is 2.00. The molecule has 1 N–H and O–H groups in total. The first-order valence-corrected chi connectivity index (χ1v) is 7.08. The summed E-state index contributed by atoms with van der Waals surface area (Å²) < 4.78 is 12.9. The molecule has 0 amide bonds. The molecular weight excluding hydrogens is 268 g/mol. The Morgan fingerprint density at radius 2 is 2.14 bits per heavy atom. The number of nitrogens with one attached hydrogen (secondary N) is 1. The van der Waals surface area contributed by atoms with Crippen LogP contribution in [0.2, 0.25) is 0 Å². The van der Waals surface area contributed by atoms with E-state index in [2.05, 4.69) is 22.3 Å². The molecule has 0 saturated carbocycles. The molecule has 0 radical (unpaired) electrons. The number of aromatic nitrogens is 3. The van der Waals surface area contributed by atoms with Crippen molar-refractivity contribution in [3.8, 4) is 11.5 Å². The highest BCUT2D eigenvalue weighted by molar-refractivity contribution is 5.43. The normalized spacial score (nSPS) is 10.6. The van der Waals surface area contributed by atoms with Gasteiger partial charge in [0.05, 0.1) is 7.11 Å².